The normalized spacial score (nSPS) is 13.7. The molecule has 1 aromatic carbocycles. The van der Waals surface area contributed by atoms with E-state index in [0.717, 1.165) is 6.42 Å². The van der Waals surface area contributed by atoms with E-state index in [4.69, 9.17) is 5.26 Å². The maximum Gasteiger partial charge on any atom is 0.0641 e. The van der Waals surface area contributed by atoms with E-state index in [-0.39, 0.29) is 6.04 Å². The first kappa shape index (κ1) is 14.8. The molecule has 104 valence electrons. The van der Waals surface area contributed by atoms with Crippen molar-refractivity contribution in [3.63, 3.8) is 0 Å². The first-order valence-corrected chi connectivity index (χ1v) is 7.74. The molecule has 0 aliphatic heterocycles. The molecule has 0 saturated heterocycles. The smallest absolute Gasteiger partial charge is 0.0641 e. The molecule has 0 aliphatic carbocycles. The van der Waals surface area contributed by atoms with Gasteiger partial charge in [0, 0.05) is 21.8 Å². The highest BCUT2D eigenvalue weighted by Crippen LogP contribution is 2.20. The quantitative estimate of drug-likeness (QED) is 0.861. The minimum Gasteiger partial charge on any atom is -0.306 e. The lowest BCUT2D eigenvalue weighted by Gasteiger charge is -2.21. The van der Waals surface area contributed by atoms with Crippen molar-refractivity contribution in [3.05, 3.63) is 57.8 Å². The molecule has 1 N–H and O–H groups in total. The zero-order valence-corrected chi connectivity index (χ0v) is 12.8. The first-order valence-electron chi connectivity index (χ1n) is 6.92. The number of nitrogens with zero attached hydrogens (tertiary/aromatic N) is 1. The summed E-state index contributed by atoms with van der Waals surface area (Å²) in [5.74, 6) is 0. The standard InChI is InChI=1S/C17H20N2S/c1-13(12-16-9-8-14(2)20-16)19-17(10-11-18)15-6-4-3-5-7-15/h3-9,13,17,19H,10,12H2,1-2H3. The predicted molar refractivity (Wildman–Crippen MR) is 84.8 cm³/mol. The van der Waals surface area contributed by atoms with Crippen LogP contribution in [0.3, 0.4) is 0 Å². The number of benzene rings is 1. The first-order chi connectivity index (χ1) is 9.69. The Labute approximate surface area is 125 Å². The van der Waals surface area contributed by atoms with Crippen LogP contribution in [0.25, 0.3) is 0 Å². The predicted octanol–water partition coefficient (Wildman–Crippen LogP) is 4.23. The molecule has 2 rings (SSSR count). The third kappa shape index (κ3) is 4.19. The van der Waals surface area contributed by atoms with Crippen LogP contribution in [0, 0.1) is 18.3 Å². The molecule has 20 heavy (non-hydrogen) atoms. The summed E-state index contributed by atoms with van der Waals surface area (Å²) in [6.45, 7) is 4.32. The monoisotopic (exact) mass is 284 g/mol. The second-order valence-corrected chi connectivity index (χ2v) is 6.48. The van der Waals surface area contributed by atoms with Gasteiger partial charge in [-0.05, 0) is 38.0 Å². The number of nitriles is 1. The van der Waals surface area contributed by atoms with E-state index < -0.39 is 0 Å². The van der Waals surface area contributed by atoms with E-state index in [1.807, 2.05) is 29.5 Å². The van der Waals surface area contributed by atoms with Crippen molar-refractivity contribution in [2.24, 2.45) is 0 Å². The fourth-order valence-corrected chi connectivity index (χ4v) is 3.37. The summed E-state index contributed by atoms with van der Waals surface area (Å²) >= 11 is 1.85. The molecule has 1 aromatic heterocycles. The van der Waals surface area contributed by atoms with E-state index in [1.54, 1.807) is 0 Å². The molecule has 0 amide bonds. The van der Waals surface area contributed by atoms with Gasteiger partial charge in [0.05, 0.1) is 12.5 Å². The van der Waals surface area contributed by atoms with Crippen LogP contribution in [0.4, 0.5) is 0 Å². The number of hydrogen-bond donors (Lipinski definition) is 1. The second-order valence-electron chi connectivity index (χ2n) is 5.11. The SMILES string of the molecule is Cc1ccc(CC(C)NC(CC#N)c2ccccc2)s1. The molecule has 0 spiro atoms. The van der Waals surface area contributed by atoms with Gasteiger partial charge in [0.1, 0.15) is 0 Å². The molecule has 0 radical (unpaired) electrons. The average molecular weight is 284 g/mol. The summed E-state index contributed by atoms with van der Waals surface area (Å²) in [5, 5.41) is 12.6. The lowest BCUT2D eigenvalue weighted by atomic mass is 10.0. The van der Waals surface area contributed by atoms with Crippen molar-refractivity contribution >= 4 is 11.3 Å². The van der Waals surface area contributed by atoms with Gasteiger partial charge < -0.3 is 5.32 Å². The molecule has 1 heterocycles. The fourth-order valence-electron chi connectivity index (χ4n) is 2.35. The van der Waals surface area contributed by atoms with E-state index in [9.17, 15) is 0 Å². The van der Waals surface area contributed by atoms with Crippen LogP contribution in [0.15, 0.2) is 42.5 Å². The van der Waals surface area contributed by atoms with Gasteiger partial charge in [-0.3, -0.25) is 0 Å². The highest BCUT2D eigenvalue weighted by atomic mass is 32.1. The van der Waals surface area contributed by atoms with Crippen molar-refractivity contribution in [1.82, 2.24) is 5.32 Å². The molecule has 3 heteroatoms. The van der Waals surface area contributed by atoms with E-state index in [1.165, 1.54) is 15.3 Å². The van der Waals surface area contributed by atoms with Crippen molar-refractivity contribution in [2.45, 2.75) is 38.8 Å². The van der Waals surface area contributed by atoms with Gasteiger partial charge in [0.25, 0.3) is 0 Å². The van der Waals surface area contributed by atoms with Crippen LogP contribution in [0.2, 0.25) is 0 Å². The van der Waals surface area contributed by atoms with Gasteiger partial charge in [-0.25, -0.2) is 0 Å². The lowest BCUT2D eigenvalue weighted by molar-refractivity contribution is 0.459. The Balaban J connectivity index is 1.99. The Kier molecular flexibility index (Phi) is 5.34. The molecule has 2 unspecified atom stereocenters. The van der Waals surface area contributed by atoms with Gasteiger partial charge in [0.2, 0.25) is 0 Å². The Hall–Kier alpha value is -1.63. The summed E-state index contributed by atoms with van der Waals surface area (Å²) in [6.07, 6.45) is 1.51. The van der Waals surface area contributed by atoms with Crippen LogP contribution in [0.5, 0.6) is 0 Å². The third-order valence-corrected chi connectivity index (χ3v) is 4.31. The number of aryl methyl sites for hydroxylation is 1. The molecule has 2 nitrogen and oxygen atoms in total. The largest absolute Gasteiger partial charge is 0.306 e. The van der Waals surface area contributed by atoms with Crippen molar-refractivity contribution in [2.75, 3.05) is 0 Å². The van der Waals surface area contributed by atoms with Crippen LogP contribution in [-0.4, -0.2) is 6.04 Å². The molecular weight excluding hydrogens is 264 g/mol. The van der Waals surface area contributed by atoms with E-state index >= 15 is 0 Å². The lowest BCUT2D eigenvalue weighted by Crippen LogP contribution is -2.31. The summed E-state index contributed by atoms with van der Waals surface area (Å²) in [4.78, 5) is 2.75. The second kappa shape index (κ2) is 7.23. The molecule has 2 aromatic rings. The summed E-state index contributed by atoms with van der Waals surface area (Å²) in [7, 11) is 0. The molecule has 0 fully saturated rings. The van der Waals surface area contributed by atoms with Crippen molar-refractivity contribution in [1.29, 1.82) is 5.26 Å². The van der Waals surface area contributed by atoms with Crippen LogP contribution in [-0.2, 0) is 6.42 Å². The zero-order chi connectivity index (χ0) is 14.4. The topological polar surface area (TPSA) is 35.8 Å². The molecule has 2 atom stereocenters. The van der Waals surface area contributed by atoms with E-state index in [2.05, 4.69) is 49.5 Å². The minimum atomic E-state index is 0.109. The number of nitrogens with one attached hydrogen (secondary N) is 1. The number of hydrogen-bond acceptors (Lipinski definition) is 3. The Morgan fingerprint density at radius 2 is 1.95 bits per heavy atom. The zero-order valence-electron chi connectivity index (χ0n) is 12.0. The number of rotatable bonds is 6. The van der Waals surface area contributed by atoms with Gasteiger partial charge >= 0.3 is 0 Å². The maximum absolute atomic E-state index is 9.02. The summed E-state index contributed by atoms with van der Waals surface area (Å²) in [5.41, 5.74) is 1.18. The molecular formula is C17H20N2S. The minimum absolute atomic E-state index is 0.109. The van der Waals surface area contributed by atoms with Crippen molar-refractivity contribution < 1.29 is 0 Å². The summed E-state index contributed by atoms with van der Waals surface area (Å²) < 4.78 is 0. The molecule has 0 aliphatic rings. The van der Waals surface area contributed by atoms with Gasteiger partial charge in [-0.2, -0.15) is 5.26 Å². The van der Waals surface area contributed by atoms with E-state index in [0.29, 0.717) is 12.5 Å². The van der Waals surface area contributed by atoms with Crippen molar-refractivity contribution in [3.8, 4) is 6.07 Å². The Bertz CT molecular complexity index is 568. The fraction of sp³-hybridized carbons (Fsp3) is 0.353. The average Bonchev–Trinajstić information content (AvgIpc) is 2.84. The maximum atomic E-state index is 9.02. The van der Waals surface area contributed by atoms with Gasteiger partial charge in [-0.1, -0.05) is 30.3 Å². The Morgan fingerprint density at radius 1 is 1.20 bits per heavy atom. The highest BCUT2D eigenvalue weighted by Gasteiger charge is 2.14. The third-order valence-electron chi connectivity index (χ3n) is 3.29. The van der Waals surface area contributed by atoms with Gasteiger partial charge in [-0.15, -0.1) is 11.3 Å². The molecule has 0 bridgehead atoms. The summed E-state index contributed by atoms with van der Waals surface area (Å²) in [6, 6.07) is 17.3. The highest BCUT2D eigenvalue weighted by molar-refractivity contribution is 7.11. The van der Waals surface area contributed by atoms with Crippen LogP contribution >= 0.6 is 11.3 Å². The Morgan fingerprint density at radius 3 is 2.55 bits per heavy atom. The number of thiophene rings is 1. The van der Waals surface area contributed by atoms with Crippen LogP contribution in [0.1, 0.15) is 34.7 Å². The molecule has 0 saturated carbocycles. The van der Waals surface area contributed by atoms with Crippen LogP contribution < -0.4 is 5.32 Å². The van der Waals surface area contributed by atoms with Gasteiger partial charge in [0.15, 0.2) is 0 Å².